The van der Waals surface area contributed by atoms with Gasteiger partial charge in [0.05, 0.1) is 31.6 Å². The zero-order valence-electron chi connectivity index (χ0n) is 17.6. The van der Waals surface area contributed by atoms with Crippen molar-refractivity contribution in [1.82, 2.24) is 25.0 Å². The van der Waals surface area contributed by atoms with E-state index in [-0.39, 0.29) is 17.7 Å². The number of carbonyl (C=O) groups is 1. The first kappa shape index (κ1) is 21.5. The molecule has 0 spiro atoms. The number of morpholine rings is 1. The summed E-state index contributed by atoms with van der Waals surface area (Å²) in [6.07, 6.45) is 0. The van der Waals surface area contributed by atoms with E-state index in [0.717, 1.165) is 48.5 Å². The van der Waals surface area contributed by atoms with Gasteiger partial charge in [0, 0.05) is 18.8 Å². The number of hydrogen-bond acceptors (Lipinski definition) is 6. The molecule has 2 aromatic carbocycles. The fraction of sp³-hybridized carbons (Fsp3) is 0.348. The predicted octanol–water partition coefficient (Wildman–Crippen LogP) is 3.07. The molecule has 1 aromatic heterocycles. The largest absolute Gasteiger partial charge is 0.379 e. The summed E-state index contributed by atoms with van der Waals surface area (Å²) in [6, 6.07) is 20.0. The minimum atomic E-state index is -0.0434. The van der Waals surface area contributed by atoms with Crippen molar-refractivity contribution < 1.29 is 9.53 Å². The van der Waals surface area contributed by atoms with E-state index in [1.165, 1.54) is 11.8 Å². The molecule has 1 aliphatic rings. The van der Waals surface area contributed by atoms with Gasteiger partial charge in [0.2, 0.25) is 5.91 Å². The molecule has 0 unspecified atom stereocenters. The fourth-order valence-corrected chi connectivity index (χ4v) is 4.31. The molecule has 2 heterocycles. The number of thioether (sulfide) groups is 1. The third kappa shape index (κ3) is 5.72. The van der Waals surface area contributed by atoms with Crippen molar-refractivity contribution >= 4 is 17.7 Å². The maximum absolute atomic E-state index is 12.6. The molecule has 4 rings (SSSR count). The van der Waals surface area contributed by atoms with Crippen molar-refractivity contribution in [2.24, 2.45) is 0 Å². The Hall–Kier alpha value is -2.68. The summed E-state index contributed by atoms with van der Waals surface area (Å²) in [6.45, 7) is 5.92. The number of rotatable bonds is 8. The van der Waals surface area contributed by atoms with Crippen molar-refractivity contribution in [3.63, 3.8) is 0 Å². The van der Waals surface area contributed by atoms with Crippen LogP contribution in [0.3, 0.4) is 0 Å². The third-order valence-electron chi connectivity index (χ3n) is 5.19. The maximum Gasteiger partial charge on any atom is 0.230 e. The second kappa shape index (κ2) is 10.6. The van der Waals surface area contributed by atoms with Gasteiger partial charge in [0.1, 0.15) is 0 Å². The van der Waals surface area contributed by atoms with Crippen LogP contribution in [0.15, 0.2) is 65.8 Å². The fourth-order valence-electron chi connectivity index (χ4n) is 3.53. The molecule has 162 valence electrons. The molecule has 1 amide bonds. The highest BCUT2D eigenvalue weighted by atomic mass is 32.2. The summed E-state index contributed by atoms with van der Waals surface area (Å²) < 4.78 is 7.50. The van der Waals surface area contributed by atoms with Crippen molar-refractivity contribution in [3.8, 4) is 5.69 Å². The summed E-state index contributed by atoms with van der Waals surface area (Å²) in [5, 5.41) is 12.6. The van der Waals surface area contributed by atoms with E-state index in [0.29, 0.717) is 6.54 Å². The number of hydrogen-bond donors (Lipinski definition) is 1. The minimum Gasteiger partial charge on any atom is -0.379 e. The highest BCUT2D eigenvalue weighted by Crippen LogP contribution is 2.23. The van der Waals surface area contributed by atoms with E-state index in [9.17, 15) is 4.79 Å². The van der Waals surface area contributed by atoms with E-state index in [4.69, 9.17) is 4.74 Å². The summed E-state index contributed by atoms with van der Waals surface area (Å²) >= 11 is 1.40. The third-order valence-corrected chi connectivity index (χ3v) is 6.12. The Balaban J connectivity index is 1.45. The standard InChI is InChI=1S/C23H27N5O2S/c1-18(19-8-4-2-5-9-19)24-22(29)17-31-23-26-25-21(16-27-12-14-30-15-13-27)28(23)20-10-6-3-7-11-20/h2-11,18H,12-17H2,1H3,(H,24,29)/t18-/m1/s1. The van der Waals surface area contributed by atoms with Gasteiger partial charge in [-0.1, -0.05) is 60.3 Å². The van der Waals surface area contributed by atoms with Crippen LogP contribution in [0.25, 0.3) is 5.69 Å². The molecule has 1 fully saturated rings. The summed E-state index contributed by atoms with van der Waals surface area (Å²) in [5.41, 5.74) is 2.08. The van der Waals surface area contributed by atoms with Gasteiger partial charge in [-0.05, 0) is 24.6 Å². The normalized spacial score (nSPS) is 15.5. The summed E-state index contributed by atoms with van der Waals surface area (Å²) in [7, 11) is 0. The Labute approximate surface area is 186 Å². The molecule has 1 saturated heterocycles. The van der Waals surface area contributed by atoms with Gasteiger partial charge in [-0.3, -0.25) is 14.3 Å². The Bertz CT molecular complexity index is 974. The molecule has 31 heavy (non-hydrogen) atoms. The molecule has 0 radical (unpaired) electrons. The molecular formula is C23H27N5O2S. The average molecular weight is 438 g/mol. The van der Waals surface area contributed by atoms with Gasteiger partial charge in [-0.15, -0.1) is 10.2 Å². The summed E-state index contributed by atoms with van der Waals surface area (Å²) in [4.78, 5) is 14.9. The molecule has 1 aliphatic heterocycles. The minimum absolute atomic E-state index is 0.0290. The Morgan fingerprint density at radius 2 is 1.74 bits per heavy atom. The summed E-state index contributed by atoms with van der Waals surface area (Å²) in [5.74, 6) is 1.12. The molecular weight excluding hydrogens is 410 g/mol. The Morgan fingerprint density at radius 3 is 2.45 bits per heavy atom. The molecule has 1 N–H and O–H groups in total. The van der Waals surface area contributed by atoms with Crippen LogP contribution >= 0.6 is 11.8 Å². The number of nitrogens with one attached hydrogen (secondary N) is 1. The van der Waals surface area contributed by atoms with Crippen LogP contribution in [-0.2, 0) is 16.1 Å². The number of para-hydroxylation sites is 1. The molecule has 7 nitrogen and oxygen atoms in total. The molecule has 8 heteroatoms. The Kier molecular flexibility index (Phi) is 7.35. The highest BCUT2D eigenvalue weighted by molar-refractivity contribution is 7.99. The van der Waals surface area contributed by atoms with E-state index < -0.39 is 0 Å². The number of aromatic nitrogens is 3. The monoisotopic (exact) mass is 437 g/mol. The van der Waals surface area contributed by atoms with Gasteiger partial charge in [0.25, 0.3) is 0 Å². The van der Waals surface area contributed by atoms with E-state index in [1.807, 2.05) is 72.2 Å². The van der Waals surface area contributed by atoms with E-state index in [1.54, 1.807) is 0 Å². The molecule has 0 saturated carbocycles. The van der Waals surface area contributed by atoms with Crippen LogP contribution in [-0.4, -0.2) is 57.6 Å². The second-order valence-corrected chi connectivity index (χ2v) is 8.39. The van der Waals surface area contributed by atoms with Crippen molar-refractivity contribution in [2.45, 2.75) is 24.7 Å². The highest BCUT2D eigenvalue weighted by Gasteiger charge is 2.20. The van der Waals surface area contributed by atoms with Crippen molar-refractivity contribution in [2.75, 3.05) is 32.1 Å². The van der Waals surface area contributed by atoms with Crippen LogP contribution in [0.1, 0.15) is 24.4 Å². The van der Waals surface area contributed by atoms with Crippen LogP contribution in [0, 0.1) is 0 Å². The van der Waals surface area contributed by atoms with Gasteiger partial charge < -0.3 is 10.1 Å². The number of carbonyl (C=O) groups excluding carboxylic acids is 1. The topological polar surface area (TPSA) is 72.3 Å². The van der Waals surface area contributed by atoms with E-state index in [2.05, 4.69) is 20.4 Å². The lowest BCUT2D eigenvalue weighted by atomic mass is 10.1. The van der Waals surface area contributed by atoms with Gasteiger partial charge in [0.15, 0.2) is 11.0 Å². The zero-order chi connectivity index (χ0) is 21.5. The van der Waals surface area contributed by atoms with Crippen LogP contribution < -0.4 is 5.32 Å². The first-order valence-electron chi connectivity index (χ1n) is 10.5. The SMILES string of the molecule is C[C@@H](NC(=O)CSc1nnc(CN2CCOCC2)n1-c1ccccc1)c1ccccc1. The Morgan fingerprint density at radius 1 is 1.06 bits per heavy atom. The van der Waals surface area contributed by atoms with Gasteiger partial charge >= 0.3 is 0 Å². The average Bonchev–Trinajstić information content (AvgIpc) is 3.22. The van der Waals surface area contributed by atoms with Crippen LogP contribution in [0.5, 0.6) is 0 Å². The van der Waals surface area contributed by atoms with Gasteiger partial charge in [-0.2, -0.15) is 0 Å². The van der Waals surface area contributed by atoms with Crippen molar-refractivity contribution in [1.29, 1.82) is 0 Å². The molecule has 0 aliphatic carbocycles. The van der Waals surface area contributed by atoms with E-state index >= 15 is 0 Å². The number of benzene rings is 2. The number of nitrogens with zero attached hydrogens (tertiary/aromatic N) is 4. The van der Waals surface area contributed by atoms with Crippen LogP contribution in [0.4, 0.5) is 0 Å². The quantitative estimate of drug-likeness (QED) is 0.546. The molecule has 1 atom stereocenters. The number of amides is 1. The van der Waals surface area contributed by atoms with Gasteiger partial charge in [-0.25, -0.2) is 0 Å². The van der Waals surface area contributed by atoms with Crippen molar-refractivity contribution in [3.05, 3.63) is 72.1 Å². The first-order chi connectivity index (χ1) is 15.2. The maximum atomic E-state index is 12.6. The molecule has 0 bridgehead atoms. The lowest BCUT2D eigenvalue weighted by Crippen LogP contribution is -2.36. The van der Waals surface area contributed by atoms with Crippen LogP contribution in [0.2, 0.25) is 0 Å². The smallest absolute Gasteiger partial charge is 0.230 e. The lowest BCUT2D eigenvalue weighted by molar-refractivity contribution is -0.119. The molecule has 3 aromatic rings. The number of ether oxygens (including phenoxy) is 1. The first-order valence-corrected chi connectivity index (χ1v) is 11.5. The lowest BCUT2D eigenvalue weighted by Gasteiger charge is -2.26. The zero-order valence-corrected chi connectivity index (χ0v) is 18.4. The predicted molar refractivity (Wildman–Crippen MR) is 121 cm³/mol. The second-order valence-electron chi connectivity index (χ2n) is 7.45.